The van der Waals surface area contributed by atoms with E-state index in [0.29, 0.717) is 29.6 Å². The summed E-state index contributed by atoms with van der Waals surface area (Å²) in [6.07, 6.45) is 0.680. The van der Waals surface area contributed by atoms with E-state index in [2.05, 4.69) is 21.2 Å². The van der Waals surface area contributed by atoms with Gasteiger partial charge in [0.2, 0.25) is 0 Å². The number of ether oxygens (including phenoxy) is 1. The third kappa shape index (κ3) is 4.86. The van der Waals surface area contributed by atoms with Crippen molar-refractivity contribution in [2.24, 2.45) is 0 Å². The van der Waals surface area contributed by atoms with E-state index < -0.39 is 5.82 Å². The van der Waals surface area contributed by atoms with Gasteiger partial charge in [-0.3, -0.25) is 4.79 Å². The second-order valence-corrected chi connectivity index (χ2v) is 5.25. The molecule has 21 heavy (non-hydrogen) atoms. The summed E-state index contributed by atoms with van der Waals surface area (Å²) in [6.45, 7) is 0.988. The summed E-state index contributed by atoms with van der Waals surface area (Å²) < 4.78 is 19.2. The van der Waals surface area contributed by atoms with Crippen LogP contribution >= 0.6 is 15.9 Å². The molecule has 0 saturated heterocycles. The van der Waals surface area contributed by atoms with Crippen LogP contribution in [0.3, 0.4) is 0 Å². The van der Waals surface area contributed by atoms with Crippen molar-refractivity contribution in [2.45, 2.75) is 6.42 Å². The molecule has 2 rings (SSSR count). The molecular formula is C16H15BrFNO2. The van der Waals surface area contributed by atoms with Crippen molar-refractivity contribution in [1.82, 2.24) is 5.32 Å². The van der Waals surface area contributed by atoms with Crippen molar-refractivity contribution in [3.05, 3.63) is 64.4 Å². The molecule has 0 aliphatic rings. The molecule has 0 heterocycles. The van der Waals surface area contributed by atoms with Crippen LogP contribution in [-0.2, 0) is 0 Å². The zero-order valence-corrected chi connectivity index (χ0v) is 12.9. The van der Waals surface area contributed by atoms with Crippen molar-refractivity contribution in [2.75, 3.05) is 13.2 Å². The first kappa shape index (κ1) is 15.5. The predicted octanol–water partition coefficient (Wildman–Crippen LogP) is 3.79. The quantitative estimate of drug-likeness (QED) is 0.804. The molecule has 0 unspecified atom stereocenters. The van der Waals surface area contributed by atoms with Crippen LogP contribution in [0.15, 0.2) is 53.0 Å². The largest absolute Gasteiger partial charge is 0.494 e. The van der Waals surface area contributed by atoms with Gasteiger partial charge in [0.1, 0.15) is 11.6 Å². The normalized spacial score (nSPS) is 10.2. The first-order valence-electron chi connectivity index (χ1n) is 6.58. The van der Waals surface area contributed by atoms with E-state index in [1.807, 2.05) is 30.3 Å². The minimum atomic E-state index is -0.449. The molecule has 0 saturated carbocycles. The molecule has 1 amide bonds. The molecule has 1 N–H and O–H groups in total. The lowest BCUT2D eigenvalue weighted by Crippen LogP contribution is -2.25. The summed E-state index contributed by atoms with van der Waals surface area (Å²) in [5.41, 5.74) is 0.305. The molecule has 2 aromatic rings. The van der Waals surface area contributed by atoms with E-state index in [9.17, 15) is 9.18 Å². The average Bonchev–Trinajstić information content (AvgIpc) is 2.50. The molecule has 0 spiro atoms. The van der Waals surface area contributed by atoms with Crippen molar-refractivity contribution < 1.29 is 13.9 Å². The SMILES string of the molecule is O=C(NCCCOc1ccccc1)c1ccc(Br)c(F)c1. The van der Waals surface area contributed by atoms with Gasteiger partial charge in [0.05, 0.1) is 11.1 Å². The van der Waals surface area contributed by atoms with Gasteiger partial charge in [-0.1, -0.05) is 18.2 Å². The highest BCUT2D eigenvalue weighted by molar-refractivity contribution is 9.10. The van der Waals surface area contributed by atoms with Gasteiger partial charge in [-0.25, -0.2) is 4.39 Å². The molecule has 110 valence electrons. The summed E-state index contributed by atoms with van der Waals surface area (Å²) in [5.74, 6) is 0.0648. The number of amides is 1. The van der Waals surface area contributed by atoms with Crippen molar-refractivity contribution >= 4 is 21.8 Å². The van der Waals surface area contributed by atoms with Crippen LogP contribution in [0, 0.1) is 5.82 Å². The number of halogens is 2. The first-order chi connectivity index (χ1) is 10.2. The van der Waals surface area contributed by atoms with Gasteiger partial charge >= 0.3 is 0 Å². The van der Waals surface area contributed by atoms with Gasteiger partial charge in [0, 0.05) is 12.1 Å². The number of para-hydroxylation sites is 1. The Morgan fingerprint density at radius 2 is 1.95 bits per heavy atom. The first-order valence-corrected chi connectivity index (χ1v) is 7.37. The zero-order chi connectivity index (χ0) is 15.1. The monoisotopic (exact) mass is 351 g/mol. The fourth-order valence-electron chi connectivity index (χ4n) is 1.72. The lowest BCUT2D eigenvalue weighted by atomic mass is 10.2. The maximum Gasteiger partial charge on any atom is 0.251 e. The lowest BCUT2D eigenvalue weighted by Gasteiger charge is -2.07. The van der Waals surface area contributed by atoms with Gasteiger partial charge in [0.25, 0.3) is 5.91 Å². The van der Waals surface area contributed by atoms with E-state index in [4.69, 9.17) is 4.74 Å². The number of hydrogen-bond donors (Lipinski definition) is 1. The van der Waals surface area contributed by atoms with Crippen LogP contribution in [0.1, 0.15) is 16.8 Å². The number of carbonyl (C=O) groups excluding carboxylic acids is 1. The van der Waals surface area contributed by atoms with Crippen LogP contribution in [0.25, 0.3) is 0 Å². The predicted molar refractivity (Wildman–Crippen MR) is 83.0 cm³/mol. The average molecular weight is 352 g/mol. The highest BCUT2D eigenvalue weighted by Crippen LogP contribution is 2.16. The smallest absolute Gasteiger partial charge is 0.251 e. The molecule has 0 aliphatic carbocycles. The summed E-state index contributed by atoms with van der Waals surface area (Å²) in [4.78, 5) is 11.8. The molecule has 0 bridgehead atoms. The number of benzene rings is 2. The Kier molecular flexibility index (Phi) is 5.75. The number of hydrogen-bond acceptors (Lipinski definition) is 2. The Morgan fingerprint density at radius 3 is 2.67 bits per heavy atom. The number of carbonyl (C=O) groups is 1. The molecule has 0 aliphatic heterocycles. The molecule has 2 aromatic carbocycles. The molecule has 0 fully saturated rings. The van der Waals surface area contributed by atoms with Crippen LogP contribution in [0.5, 0.6) is 5.75 Å². The summed E-state index contributed by atoms with van der Waals surface area (Å²) in [6, 6.07) is 13.8. The van der Waals surface area contributed by atoms with Crippen LogP contribution in [0.4, 0.5) is 4.39 Å². The van der Waals surface area contributed by atoms with Crippen molar-refractivity contribution in [3.63, 3.8) is 0 Å². The molecular weight excluding hydrogens is 337 g/mol. The Bertz CT molecular complexity index is 604. The van der Waals surface area contributed by atoms with Gasteiger partial charge in [-0.2, -0.15) is 0 Å². The highest BCUT2D eigenvalue weighted by Gasteiger charge is 2.07. The second kappa shape index (κ2) is 7.78. The standard InChI is InChI=1S/C16H15BrFNO2/c17-14-8-7-12(11-15(14)18)16(20)19-9-4-10-21-13-5-2-1-3-6-13/h1-3,5-8,11H,4,9-10H2,(H,19,20). The zero-order valence-electron chi connectivity index (χ0n) is 11.3. The topological polar surface area (TPSA) is 38.3 Å². The molecule has 0 radical (unpaired) electrons. The third-order valence-corrected chi connectivity index (χ3v) is 3.44. The highest BCUT2D eigenvalue weighted by atomic mass is 79.9. The number of nitrogens with one attached hydrogen (secondary N) is 1. The second-order valence-electron chi connectivity index (χ2n) is 4.40. The van der Waals surface area contributed by atoms with Gasteiger partial charge in [0.15, 0.2) is 0 Å². The Morgan fingerprint density at radius 1 is 1.19 bits per heavy atom. The Labute approximate surface area is 131 Å². The minimum Gasteiger partial charge on any atom is -0.494 e. The number of rotatable bonds is 6. The summed E-state index contributed by atoms with van der Waals surface area (Å²) in [7, 11) is 0. The van der Waals surface area contributed by atoms with E-state index >= 15 is 0 Å². The maximum atomic E-state index is 13.3. The summed E-state index contributed by atoms with van der Waals surface area (Å²) in [5, 5.41) is 2.73. The Balaban J connectivity index is 1.71. The molecule has 5 heteroatoms. The van der Waals surface area contributed by atoms with Crippen molar-refractivity contribution in [3.8, 4) is 5.75 Å². The van der Waals surface area contributed by atoms with E-state index in [-0.39, 0.29) is 5.91 Å². The van der Waals surface area contributed by atoms with Gasteiger partial charge in [-0.15, -0.1) is 0 Å². The molecule has 0 aromatic heterocycles. The van der Waals surface area contributed by atoms with Gasteiger partial charge in [-0.05, 0) is 52.7 Å². The van der Waals surface area contributed by atoms with Crippen LogP contribution < -0.4 is 10.1 Å². The van der Waals surface area contributed by atoms with Crippen LogP contribution in [-0.4, -0.2) is 19.1 Å². The fraction of sp³-hybridized carbons (Fsp3) is 0.188. The minimum absolute atomic E-state index is 0.291. The van der Waals surface area contributed by atoms with Crippen molar-refractivity contribution in [1.29, 1.82) is 0 Å². The van der Waals surface area contributed by atoms with Gasteiger partial charge < -0.3 is 10.1 Å². The van der Waals surface area contributed by atoms with E-state index in [1.165, 1.54) is 12.1 Å². The summed E-state index contributed by atoms with van der Waals surface area (Å²) >= 11 is 3.05. The molecule has 3 nitrogen and oxygen atoms in total. The Hall–Kier alpha value is -1.88. The van der Waals surface area contributed by atoms with E-state index in [0.717, 1.165) is 5.75 Å². The van der Waals surface area contributed by atoms with Crippen LogP contribution in [0.2, 0.25) is 0 Å². The molecule has 0 atom stereocenters. The maximum absolute atomic E-state index is 13.3. The van der Waals surface area contributed by atoms with E-state index in [1.54, 1.807) is 6.07 Å². The lowest BCUT2D eigenvalue weighted by molar-refractivity contribution is 0.0951. The fourth-order valence-corrected chi connectivity index (χ4v) is 1.97. The third-order valence-electron chi connectivity index (χ3n) is 2.80.